The molecule has 0 bridgehead atoms. The Morgan fingerprint density at radius 2 is 2.14 bits per heavy atom. The summed E-state index contributed by atoms with van der Waals surface area (Å²) in [6.07, 6.45) is 0.234. The first-order valence-electron chi connectivity index (χ1n) is 6.33. The second-order valence-electron chi connectivity index (χ2n) is 5.22. The van der Waals surface area contributed by atoms with Crippen LogP contribution in [0.1, 0.15) is 28.4 Å². The van der Waals surface area contributed by atoms with Gasteiger partial charge in [0, 0.05) is 12.6 Å². The molecule has 1 aliphatic rings. The number of carboxylic acid groups (broad SMARTS) is 1. The Balaban J connectivity index is 2.52. The fourth-order valence-corrected chi connectivity index (χ4v) is 2.59. The van der Waals surface area contributed by atoms with Gasteiger partial charge in [-0.15, -0.1) is 0 Å². The van der Waals surface area contributed by atoms with Gasteiger partial charge in [-0.3, -0.25) is 4.79 Å². The van der Waals surface area contributed by atoms with Crippen LogP contribution < -0.4 is 11.2 Å². The SMILES string of the molecule is Cc1cc(F)c(N)c2c(=O)c(C(=O)O)cn([C@H]3C[C@@H]3F)c12. The summed E-state index contributed by atoms with van der Waals surface area (Å²) in [6.45, 7) is 1.57. The molecule has 0 spiro atoms. The molecule has 21 heavy (non-hydrogen) atoms. The van der Waals surface area contributed by atoms with Gasteiger partial charge in [0.05, 0.1) is 22.6 Å². The molecule has 2 aromatic rings. The number of rotatable bonds is 2. The number of anilines is 1. The fraction of sp³-hybridized carbons (Fsp3) is 0.286. The summed E-state index contributed by atoms with van der Waals surface area (Å²) in [5.74, 6) is -2.24. The van der Waals surface area contributed by atoms with Crippen molar-refractivity contribution < 1.29 is 18.7 Å². The number of aromatic nitrogens is 1. The Labute approximate surface area is 117 Å². The number of carbonyl (C=O) groups is 1. The topological polar surface area (TPSA) is 85.3 Å². The third-order valence-electron chi connectivity index (χ3n) is 3.75. The predicted octanol–water partition coefficient (Wildman–Crippen LogP) is 2.01. The average Bonchev–Trinajstić information content (AvgIpc) is 3.12. The number of pyridine rings is 1. The highest BCUT2D eigenvalue weighted by Gasteiger charge is 2.40. The molecule has 1 fully saturated rings. The molecule has 1 aliphatic carbocycles. The molecule has 0 unspecified atom stereocenters. The van der Waals surface area contributed by atoms with Gasteiger partial charge in [-0.2, -0.15) is 0 Å². The zero-order valence-corrected chi connectivity index (χ0v) is 11.1. The Hall–Kier alpha value is -2.44. The smallest absolute Gasteiger partial charge is 0.341 e. The van der Waals surface area contributed by atoms with Crippen LogP contribution in [-0.4, -0.2) is 21.8 Å². The number of nitrogens with zero attached hydrogens (tertiary/aromatic N) is 1. The third-order valence-corrected chi connectivity index (χ3v) is 3.75. The molecule has 1 heterocycles. The van der Waals surface area contributed by atoms with Crippen LogP contribution in [0.3, 0.4) is 0 Å². The summed E-state index contributed by atoms with van der Waals surface area (Å²) < 4.78 is 28.5. The summed E-state index contributed by atoms with van der Waals surface area (Å²) >= 11 is 0. The molecule has 0 amide bonds. The maximum Gasteiger partial charge on any atom is 0.341 e. The number of aromatic carboxylic acids is 1. The number of carboxylic acids is 1. The molecule has 0 radical (unpaired) electrons. The van der Waals surface area contributed by atoms with Crippen LogP contribution in [0.15, 0.2) is 17.1 Å². The van der Waals surface area contributed by atoms with E-state index in [1.54, 1.807) is 6.92 Å². The van der Waals surface area contributed by atoms with E-state index in [0.717, 1.165) is 12.3 Å². The van der Waals surface area contributed by atoms with Crippen molar-refractivity contribution in [2.24, 2.45) is 0 Å². The predicted molar refractivity (Wildman–Crippen MR) is 72.8 cm³/mol. The number of nitrogen functional groups attached to an aromatic ring is 1. The Morgan fingerprint density at radius 1 is 1.52 bits per heavy atom. The quantitative estimate of drug-likeness (QED) is 0.830. The number of hydrogen-bond donors (Lipinski definition) is 2. The van der Waals surface area contributed by atoms with Crippen LogP contribution in [0, 0.1) is 12.7 Å². The lowest BCUT2D eigenvalue weighted by molar-refractivity contribution is 0.0694. The van der Waals surface area contributed by atoms with Gasteiger partial charge in [0.1, 0.15) is 17.6 Å². The Morgan fingerprint density at radius 3 is 2.67 bits per heavy atom. The lowest BCUT2D eigenvalue weighted by atomic mass is 10.0. The Bertz CT molecular complexity index is 844. The molecule has 2 atom stereocenters. The summed E-state index contributed by atoms with van der Waals surface area (Å²) in [4.78, 5) is 23.4. The van der Waals surface area contributed by atoms with E-state index in [4.69, 9.17) is 10.8 Å². The average molecular weight is 294 g/mol. The minimum Gasteiger partial charge on any atom is -0.477 e. The maximum atomic E-state index is 13.8. The van der Waals surface area contributed by atoms with Crippen molar-refractivity contribution in [2.75, 3.05) is 5.73 Å². The van der Waals surface area contributed by atoms with Gasteiger partial charge in [-0.25, -0.2) is 13.6 Å². The molecule has 1 aromatic heterocycles. The van der Waals surface area contributed by atoms with Crippen LogP contribution in [0.25, 0.3) is 10.9 Å². The zero-order chi connectivity index (χ0) is 15.5. The first kappa shape index (κ1) is 13.5. The standard InChI is InChI=1S/C14H12F2N2O3/c1-5-2-8(16)11(17)10-12(5)18(9-3-7(9)15)4-6(13(10)19)14(20)21/h2,4,7,9H,3,17H2,1H3,(H,20,21)/t7-,9-/m0/s1. The van der Waals surface area contributed by atoms with Crippen molar-refractivity contribution in [3.63, 3.8) is 0 Å². The van der Waals surface area contributed by atoms with Crippen molar-refractivity contribution in [1.29, 1.82) is 0 Å². The molecular weight excluding hydrogens is 282 g/mol. The summed E-state index contributed by atoms with van der Waals surface area (Å²) in [6, 6.07) is 0.610. The number of aryl methyl sites for hydroxylation is 1. The molecular formula is C14H12F2N2O3. The highest BCUT2D eigenvalue weighted by Crippen LogP contribution is 2.41. The van der Waals surface area contributed by atoms with E-state index in [9.17, 15) is 18.4 Å². The van der Waals surface area contributed by atoms with Gasteiger partial charge in [0.15, 0.2) is 0 Å². The first-order chi connectivity index (χ1) is 9.82. The summed E-state index contributed by atoms with van der Waals surface area (Å²) in [7, 11) is 0. The molecule has 110 valence electrons. The number of fused-ring (bicyclic) bond motifs is 1. The van der Waals surface area contributed by atoms with Crippen LogP contribution in [0.5, 0.6) is 0 Å². The minimum absolute atomic E-state index is 0.202. The first-order valence-corrected chi connectivity index (χ1v) is 6.33. The molecule has 3 N–H and O–H groups in total. The van der Waals surface area contributed by atoms with E-state index in [2.05, 4.69) is 0 Å². The van der Waals surface area contributed by atoms with E-state index in [1.807, 2.05) is 0 Å². The van der Waals surface area contributed by atoms with Crippen LogP contribution in [0.4, 0.5) is 14.5 Å². The molecule has 3 rings (SSSR count). The third kappa shape index (κ3) is 1.88. The van der Waals surface area contributed by atoms with Crippen LogP contribution in [0.2, 0.25) is 0 Å². The zero-order valence-electron chi connectivity index (χ0n) is 11.1. The van der Waals surface area contributed by atoms with E-state index >= 15 is 0 Å². The lowest BCUT2D eigenvalue weighted by Crippen LogP contribution is -2.21. The van der Waals surface area contributed by atoms with Gasteiger partial charge in [0.25, 0.3) is 0 Å². The van der Waals surface area contributed by atoms with Crippen molar-refractivity contribution in [2.45, 2.75) is 25.6 Å². The van der Waals surface area contributed by atoms with Gasteiger partial charge < -0.3 is 15.4 Å². The second kappa shape index (κ2) is 4.28. The molecule has 0 saturated heterocycles. The highest BCUT2D eigenvalue weighted by atomic mass is 19.1. The van der Waals surface area contributed by atoms with Crippen LogP contribution in [-0.2, 0) is 0 Å². The Kier molecular flexibility index (Phi) is 2.76. The minimum atomic E-state index is -1.45. The number of halogens is 2. The number of hydrogen-bond acceptors (Lipinski definition) is 3. The van der Waals surface area contributed by atoms with E-state index in [-0.39, 0.29) is 17.3 Å². The molecule has 5 nitrogen and oxygen atoms in total. The van der Waals surface area contributed by atoms with Crippen LogP contribution >= 0.6 is 0 Å². The normalized spacial score (nSPS) is 20.7. The van der Waals surface area contributed by atoms with Crippen molar-refractivity contribution >= 4 is 22.6 Å². The number of alkyl halides is 1. The molecule has 7 heteroatoms. The molecule has 1 aromatic carbocycles. The summed E-state index contributed by atoms with van der Waals surface area (Å²) in [5, 5.41) is 8.90. The van der Waals surface area contributed by atoms with E-state index < -0.39 is 40.7 Å². The van der Waals surface area contributed by atoms with E-state index in [1.165, 1.54) is 4.57 Å². The largest absolute Gasteiger partial charge is 0.477 e. The lowest BCUT2D eigenvalue weighted by Gasteiger charge is -2.15. The number of benzene rings is 1. The monoisotopic (exact) mass is 294 g/mol. The van der Waals surface area contributed by atoms with Crippen molar-refractivity contribution in [3.8, 4) is 0 Å². The second-order valence-corrected chi connectivity index (χ2v) is 5.22. The number of nitrogens with two attached hydrogens (primary N) is 1. The summed E-state index contributed by atoms with van der Waals surface area (Å²) in [5.41, 5.74) is 4.49. The van der Waals surface area contributed by atoms with E-state index in [0.29, 0.717) is 5.56 Å². The van der Waals surface area contributed by atoms with Gasteiger partial charge in [-0.05, 0) is 18.6 Å². The van der Waals surface area contributed by atoms with Gasteiger partial charge in [-0.1, -0.05) is 0 Å². The van der Waals surface area contributed by atoms with Gasteiger partial charge in [0.2, 0.25) is 5.43 Å². The fourth-order valence-electron chi connectivity index (χ4n) is 2.59. The highest BCUT2D eigenvalue weighted by molar-refractivity contribution is 5.98. The van der Waals surface area contributed by atoms with Crippen molar-refractivity contribution in [1.82, 2.24) is 4.57 Å². The molecule has 0 aliphatic heterocycles. The van der Waals surface area contributed by atoms with Gasteiger partial charge >= 0.3 is 5.97 Å². The maximum absolute atomic E-state index is 13.8. The molecule has 1 saturated carbocycles. The van der Waals surface area contributed by atoms with Crippen molar-refractivity contribution in [3.05, 3.63) is 39.4 Å².